The second-order valence-corrected chi connectivity index (χ2v) is 8.09. The van der Waals surface area contributed by atoms with Crippen LogP contribution in [0.15, 0.2) is 42.5 Å². The lowest BCUT2D eigenvalue weighted by atomic mass is 10.1. The van der Waals surface area contributed by atoms with Gasteiger partial charge in [-0.2, -0.15) is 11.8 Å². The summed E-state index contributed by atoms with van der Waals surface area (Å²) >= 11 is 1.62. The van der Waals surface area contributed by atoms with Crippen LogP contribution in [0, 0.1) is 19.7 Å². The molecular formula is C22H27FN2OS. The molecule has 3 nitrogen and oxygen atoms in total. The van der Waals surface area contributed by atoms with Crippen molar-refractivity contribution in [3.05, 3.63) is 65.0 Å². The average molecular weight is 387 g/mol. The number of halogens is 1. The topological polar surface area (TPSA) is 23.6 Å². The van der Waals surface area contributed by atoms with Gasteiger partial charge in [0.2, 0.25) is 5.91 Å². The molecule has 0 bridgehead atoms. The van der Waals surface area contributed by atoms with E-state index < -0.39 is 0 Å². The van der Waals surface area contributed by atoms with Crippen LogP contribution in [0.25, 0.3) is 0 Å². The van der Waals surface area contributed by atoms with Crippen LogP contribution >= 0.6 is 11.8 Å². The van der Waals surface area contributed by atoms with E-state index in [2.05, 4.69) is 36.9 Å². The number of aryl methyl sites for hydroxylation is 1. The number of thioether (sulfide) groups is 1. The molecular weight excluding hydrogens is 359 g/mol. The van der Waals surface area contributed by atoms with Crippen LogP contribution in [0.1, 0.15) is 23.1 Å². The van der Waals surface area contributed by atoms with Gasteiger partial charge in [-0.25, -0.2) is 4.39 Å². The first kappa shape index (κ1) is 19.7. The Morgan fingerprint density at radius 3 is 2.52 bits per heavy atom. The number of hydrogen-bond donors (Lipinski definition) is 0. The minimum Gasteiger partial charge on any atom is -0.368 e. The van der Waals surface area contributed by atoms with Crippen molar-refractivity contribution >= 4 is 23.4 Å². The lowest BCUT2D eigenvalue weighted by Crippen LogP contribution is -2.49. The highest BCUT2D eigenvalue weighted by atomic mass is 32.2. The molecule has 1 aliphatic heterocycles. The van der Waals surface area contributed by atoms with Crippen LogP contribution in [0.5, 0.6) is 0 Å². The van der Waals surface area contributed by atoms with Crippen molar-refractivity contribution in [3.8, 4) is 0 Å². The van der Waals surface area contributed by atoms with E-state index >= 15 is 0 Å². The first-order chi connectivity index (χ1) is 13.1. The van der Waals surface area contributed by atoms with Crippen molar-refractivity contribution in [1.82, 2.24) is 4.90 Å². The van der Waals surface area contributed by atoms with Gasteiger partial charge in [0, 0.05) is 49.8 Å². The summed E-state index contributed by atoms with van der Waals surface area (Å²) in [6.07, 6.45) is 0.516. The molecule has 144 valence electrons. The van der Waals surface area contributed by atoms with Gasteiger partial charge >= 0.3 is 0 Å². The largest absolute Gasteiger partial charge is 0.368 e. The molecule has 1 amide bonds. The molecule has 2 aromatic carbocycles. The molecule has 0 aromatic heterocycles. The quantitative estimate of drug-likeness (QED) is 0.687. The lowest BCUT2D eigenvalue weighted by Gasteiger charge is -2.37. The second kappa shape index (κ2) is 9.27. The fourth-order valence-electron chi connectivity index (χ4n) is 3.39. The maximum absolute atomic E-state index is 13.6. The van der Waals surface area contributed by atoms with Crippen LogP contribution in [-0.4, -0.2) is 42.7 Å². The Balaban J connectivity index is 1.42. The minimum atomic E-state index is -0.168. The first-order valence-electron chi connectivity index (χ1n) is 9.46. The van der Waals surface area contributed by atoms with Crippen LogP contribution in [-0.2, 0) is 10.5 Å². The van der Waals surface area contributed by atoms with Crippen molar-refractivity contribution in [1.29, 1.82) is 0 Å². The number of benzene rings is 2. The van der Waals surface area contributed by atoms with E-state index in [4.69, 9.17) is 0 Å². The van der Waals surface area contributed by atoms with E-state index in [0.717, 1.165) is 31.9 Å². The molecule has 1 heterocycles. The zero-order chi connectivity index (χ0) is 19.2. The van der Waals surface area contributed by atoms with Gasteiger partial charge in [-0.1, -0.05) is 30.3 Å². The van der Waals surface area contributed by atoms with Crippen LogP contribution in [0.2, 0.25) is 0 Å². The molecule has 1 saturated heterocycles. The number of carbonyl (C=O) groups excluding carboxylic acids is 1. The normalized spacial score (nSPS) is 14.5. The van der Waals surface area contributed by atoms with Crippen LogP contribution in [0.3, 0.4) is 0 Å². The van der Waals surface area contributed by atoms with Crippen LogP contribution in [0.4, 0.5) is 10.1 Å². The molecule has 0 N–H and O–H groups in total. The molecule has 0 unspecified atom stereocenters. The zero-order valence-electron chi connectivity index (χ0n) is 16.1. The van der Waals surface area contributed by atoms with E-state index in [1.165, 1.54) is 22.9 Å². The molecule has 0 radical (unpaired) electrons. The Morgan fingerprint density at radius 2 is 1.78 bits per heavy atom. The minimum absolute atomic E-state index is 0.168. The standard InChI is InChI=1S/C22H27FN2OS/c1-17-6-5-9-21(18(17)2)24-11-13-25(14-12-24)22(26)10-15-27-16-19-7-3-4-8-20(19)23/h3-9H,10-16H2,1-2H3. The molecule has 0 spiro atoms. The van der Waals surface area contributed by atoms with Crippen molar-refractivity contribution in [2.75, 3.05) is 36.8 Å². The molecule has 3 rings (SSSR count). The number of hydrogen-bond acceptors (Lipinski definition) is 3. The molecule has 2 aromatic rings. The lowest BCUT2D eigenvalue weighted by molar-refractivity contribution is -0.131. The number of carbonyl (C=O) groups is 1. The SMILES string of the molecule is Cc1cccc(N2CCN(C(=O)CCSCc3ccccc3F)CC2)c1C. The summed E-state index contributed by atoms with van der Waals surface area (Å²) in [4.78, 5) is 16.8. The summed E-state index contributed by atoms with van der Waals surface area (Å²) < 4.78 is 13.6. The summed E-state index contributed by atoms with van der Waals surface area (Å²) in [5.74, 6) is 1.38. The Kier molecular flexibility index (Phi) is 6.78. The summed E-state index contributed by atoms with van der Waals surface area (Å²) in [7, 11) is 0. The smallest absolute Gasteiger partial charge is 0.223 e. The number of piperazine rings is 1. The van der Waals surface area contributed by atoms with Crippen LogP contribution < -0.4 is 4.90 Å². The van der Waals surface area contributed by atoms with Gasteiger partial charge in [-0.3, -0.25) is 4.79 Å². The molecule has 0 atom stereocenters. The summed E-state index contributed by atoms with van der Waals surface area (Å²) in [6, 6.07) is 13.2. The van der Waals surface area contributed by atoms with Gasteiger partial charge in [0.25, 0.3) is 0 Å². The third-order valence-corrected chi connectivity index (χ3v) is 6.23. The van der Waals surface area contributed by atoms with E-state index in [9.17, 15) is 9.18 Å². The molecule has 5 heteroatoms. The van der Waals surface area contributed by atoms with Gasteiger partial charge in [-0.15, -0.1) is 0 Å². The summed E-state index contributed by atoms with van der Waals surface area (Å²) in [5, 5.41) is 0. The van der Waals surface area contributed by atoms with Crippen molar-refractivity contribution in [2.45, 2.75) is 26.0 Å². The van der Waals surface area contributed by atoms with E-state index in [0.29, 0.717) is 17.7 Å². The molecule has 1 fully saturated rings. The van der Waals surface area contributed by atoms with Gasteiger partial charge < -0.3 is 9.80 Å². The van der Waals surface area contributed by atoms with Gasteiger partial charge in [0.15, 0.2) is 0 Å². The molecule has 0 aliphatic carbocycles. The first-order valence-corrected chi connectivity index (χ1v) is 10.6. The fraction of sp³-hybridized carbons (Fsp3) is 0.409. The third-order valence-electron chi connectivity index (χ3n) is 5.22. The monoisotopic (exact) mass is 386 g/mol. The van der Waals surface area contributed by atoms with E-state index in [-0.39, 0.29) is 11.7 Å². The maximum atomic E-state index is 13.6. The average Bonchev–Trinajstić information content (AvgIpc) is 2.68. The van der Waals surface area contributed by atoms with Gasteiger partial charge in [0.1, 0.15) is 5.82 Å². The third kappa shape index (κ3) is 5.04. The number of anilines is 1. The molecule has 27 heavy (non-hydrogen) atoms. The zero-order valence-corrected chi connectivity index (χ0v) is 16.9. The maximum Gasteiger partial charge on any atom is 0.223 e. The highest BCUT2D eigenvalue weighted by Gasteiger charge is 2.22. The van der Waals surface area contributed by atoms with Crippen molar-refractivity contribution in [3.63, 3.8) is 0 Å². The van der Waals surface area contributed by atoms with Crippen molar-refractivity contribution < 1.29 is 9.18 Å². The molecule has 0 saturated carbocycles. The van der Waals surface area contributed by atoms with E-state index in [1.54, 1.807) is 23.9 Å². The summed E-state index contributed by atoms with van der Waals surface area (Å²) in [6.45, 7) is 7.58. The number of rotatable bonds is 6. The Hall–Kier alpha value is -2.01. The predicted octanol–water partition coefficient (Wildman–Crippen LogP) is 4.41. The Bertz CT molecular complexity index is 788. The highest BCUT2D eigenvalue weighted by Crippen LogP contribution is 2.24. The van der Waals surface area contributed by atoms with Crippen molar-refractivity contribution in [2.24, 2.45) is 0 Å². The van der Waals surface area contributed by atoms with E-state index in [1.807, 2.05) is 11.0 Å². The predicted molar refractivity (Wildman–Crippen MR) is 112 cm³/mol. The van der Waals surface area contributed by atoms with Gasteiger partial charge in [-0.05, 0) is 42.7 Å². The Labute approximate surface area is 165 Å². The number of nitrogens with zero attached hydrogens (tertiary/aromatic N) is 2. The molecule has 1 aliphatic rings. The number of amides is 1. The highest BCUT2D eigenvalue weighted by molar-refractivity contribution is 7.98. The van der Waals surface area contributed by atoms with Gasteiger partial charge in [0.05, 0.1) is 0 Å². The fourth-order valence-corrected chi connectivity index (χ4v) is 4.31. The second-order valence-electron chi connectivity index (χ2n) is 6.98. The Morgan fingerprint density at radius 1 is 1.04 bits per heavy atom. The summed E-state index contributed by atoms with van der Waals surface area (Å²) in [5.41, 5.74) is 4.61.